The van der Waals surface area contributed by atoms with Gasteiger partial charge in [0, 0.05) is 142 Å². The van der Waals surface area contributed by atoms with E-state index in [-0.39, 0.29) is 87.6 Å². The Morgan fingerprint density at radius 1 is 0.288 bits per heavy atom. The third-order valence-electron chi connectivity index (χ3n) is 18.8. The molecule has 34 heteroatoms. The number of hydrazine groups is 4. The number of nitro benzene ring substituents is 4. The number of carbonyl (C=O) groups is 12. The standard InChI is InChI=1S/C70H60N14O20/c1-5-55(85)75(33-29-71-63(89)43-17-9-13-39-51(81(97)98)25-21-47(59(39)43)67(71)93)79(76(56(86)6-2)34-30-72-64(90)44-18-10-14-40-52(82(99)100)26-22-48(60(40)44)68(72)94)37-38-80(77(57(87)7-3)35-31-73-65(91)45-19-11-15-41-53(83(101)102)27-23-49(61(41)45)69(73)95)78(58(88)8-4)36-32-74-66(92)46-20-12-16-42-54(84(103)104)28-24-50(62(42)46)70(74)96/h9-28H,5-8,29-38H2,1-4H3. The van der Waals surface area contributed by atoms with Crippen molar-refractivity contribution >= 4 is 137 Å². The smallest absolute Gasteiger partial charge is 0.273 e. The first kappa shape index (κ1) is 70.6. The first-order valence-electron chi connectivity index (χ1n) is 32.8. The molecule has 0 saturated heterocycles. The molecular weight excluding hydrogens is 1360 g/mol. The fourth-order valence-corrected chi connectivity index (χ4v) is 13.9. The lowest BCUT2D eigenvalue weighted by molar-refractivity contribution is -0.383. The molecule has 8 aromatic rings. The number of imide groups is 4. The van der Waals surface area contributed by atoms with E-state index in [9.17, 15) is 78.8 Å². The van der Waals surface area contributed by atoms with E-state index in [4.69, 9.17) is 0 Å². The largest absolute Gasteiger partial charge is 0.277 e. The van der Waals surface area contributed by atoms with Gasteiger partial charge in [0.05, 0.1) is 80.5 Å². The highest BCUT2D eigenvalue weighted by Crippen LogP contribution is 2.40. The van der Waals surface area contributed by atoms with Gasteiger partial charge in [0.15, 0.2) is 0 Å². The highest BCUT2D eigenvalue weighted by atomic mass is 16.6. The fraction of sp³-hybridized carbons (Fsp3) is 0.257. The van der Waals surface area contributed by atoms with Gasteiger partial charge in [-0.2, -0.15) is 0 Å². The van der Waals surface area contributed by atoms with E-state index in [1.165, 1.54) is 125 Å². The topological polar surface area (TPSA) is 410 Å². The van der Waals surface area contributed by atoms with Crippen molar-refractivity contribution in [3.8, 4) is 0 Å². The molecule has 4 heterocycles. The third-order valence-corrected chi connectivity index (χ3v) is 18.8. The van der Waals surface area contributed by atoms with Crippen LogP contribution in [0.15, 0.2) is 121 Å². The summed E-state index contributed by atoms with van der Waals surface area (Å²) >= 11 is 0. The monoisotopic (exact) mass is 1420 g/mol. The van der Waals surface area contributed by atoms with E-state index in [2.05, 4.69) is 0 Å². The molecule has 0 aromatic heterocycles. The lowest BCUT2D eigenvalue weighted by Crippen LogP contribution is -2.65. The fourth-order valence-electron chi connectivity index (χ4n) is 13.9. The Bertz CT molecular complexity index is 4490. The summed E-state index contributed by atoms with van der Waals surface area (Å²) in [7, 11) is 0. The molecule has 34 nitrogen and oxygen atoms in total. The van der Waals surface area contributed by atoms with Crippen LogP contribution in [0.1, 0.15) is 136 Å². The summed E-state index contributed by atoms with van der Waals surface area (Å²) in [6, 6.07) is 25.4. The molecule has 4 aliphatic heterocycles. The average molecular weight is 1420 g/mol. The molecule has 0 bridgehead atoms. The number of hydrogen-bond acceptors (Lipinski definition) is 22. The maximum Gasteiger partial charge on any atom is 0.277 e. The van der Waals surface area contributed by atoms with Crippen LogP contribution in [0, 0.1) is 40.5 Å². The minimum absolute atomic E-state index is 0.0166. The van der Waals surface area contributed by atoms with Gasteiger partial charge in [-0.15, -0.1) is 10.2 Å². The number of hydrogen-bond donors (Lipinski definition) is 0. The van der Waals surface area contributed by atoms with Gasteiger partial charge >= 0.3 is 0 Å². The molecular formula is C70H60N14O20. The Morgan fingerprint density at radius 2 is 0.471 bits per heavy atom. The van der Waals surface area contributed by atoms with E-state index >= 15 is 19.2 Å². The van der Waals surface area contributed by atoms with Gasteiger partial charge in [0.2, 0.25) is 23.6 Å². The molecule has 0 radical (unpaired) electrons. The zero-order valence-corrected chi connectivity index (χ0v) is 55.9. The molecule has 12 rings (SSSR count). The van der Waals surface area contributed by atoms with E-state index in [0.29, 0.717) is 0 Å². The summed E-state index contributed by atoms with van der Waals surface area (Å²) in [5.74, 6) is -10.9. The zero-order chi connectivity index (χ0) is 74.6. The van der Waals surface area contributed by atoms with Crippen LogP contribution in [-0.2, 0) is 19.2 Å². The van der Waals surface area contributed by atoms with Crippen molar-refractivity contribution in [1.29, 1.82) is 0 Å². The normalized spacial score (nSPS) is 13.9. The minimum atomic E-state index is -0.943. The van der Waals surface area contributed by atoms with Gasteiger partial charge < -0.3 is 0 Å². The van der Waals surface area contributed by atoms with Crippen LogP contribution in [0.25, 0.3) is 43.1 Å². The van der Waals surface area contributed by atoms with Gasteiger partial charge in [-0.3, -0.25) is 138 Å². The second-order valence-corrected chi connectivity index (χ2v) is 24.2. The number of amides is 12. The van der Waals surface area contributed by atoms with Crippen LogP contribution >= 0.6 is 0 Å². The Kier molecular flexibility index (Phi) is 19.1. The number of nitrogens with zero attached hydrogens (tertiary/aromatic N) is 14. The zero-order valence-electron chi connectivity index (χ0n) is 55.9. The van der Waals surface area contributed by atoms with Crippen LogP contribution in [0.3, 0.4) is 0 Å². The first-order valence-corrected chi connectivity index (χ1v) is 32.8. The molecule has 104 heavy (non-hydrogen) atoms. The molecule has 4 aliphatic rings. The maximum atomic E-state index is 15.1. The van der Waals surface area contributed by atoms with Gasteiger partial charge in [-0.05, 0) is 72.8 Å². The number of benzene rings is 8. The number of nitro groups is 4. The first-order chi connectivity index (χ1) is 49.8. The summed E-state index contributed by atoms with van der Waals surface area (Å²) < 4.78 is 0. The van der Waals surface area contributed by atoms with Crippen LogP contribution in [0.4, 0.5) is 22.7 Å². The van der Waals surface area contributed by atoms with Crippen molar-refractivity contribution in [3.63, 3.8) is 0 Å². The molecule has 0 spiro atoms. The van der Waals surface area contributed by atoms with E-state index in [0.717, 1.165) is 74.1 Å². The number of non-ortho nitro benzene ring substituents is 4. The predicted molar refractivity (Wildman–Crippen MR) is 365 cm³/mol. The van der Waals surface area contributed by atoms with Gasteiger partial charge in [-0.1, -0.05) is 52.0 Å². The summed E-state index contributed by atoms with van der Waals surface area (Å²) in [6.45, 7) is -1.26. The van der Waals surface area contributed by atoms with Gasteiger partial charge in [-0.25, -0.2) is 0 Å². The van der Waals surface area contributed by atoms with Crippen LogP contribution in [0.5, 0.6) is 0 Å². The number of rotatable bonds is 27. The third kappa shape index (κ3) is 11.9. The molecule has 12 amide bonds. The van der Waals surface area contributed by atoms with Crippen molar-refractivity contribution in [2.75, 3.05) is 65.4 Å². The second-order valence-electron chi connectivity index (χ2n) is 24.2. The Hall–Kier alpha value is -13.2. The summed E-state index contributed by atoms with van der Waals surface area (Å²) in [6.07, 6.45) is -1.60. The van der Waals surface area contributed by atoms with E-state index in [1.54, 1.807) is 0 Å². The lowest BCUT2D eigenvalue weighted by Gasteiger charge is -2.47. The highest BCUT2D eigenvalue weighted by Gasteiger charge is 2.43. The quantitative estimate of drug-likeness (QED) is 0.0271. The summed E-state index contributed by atoms with van der Waals surface area (Å²) in [5, 5.41) is 54.5. The Morgan fingerprint density at radius 3 is 0.644 bits per heavy atom. The summed E-state index contributed by atoms with van der Waals surface area (Å²) in [5.41, 5.74) is -2.57. The summed E-state index contributed by atoms with van der Waals surface area (Å²) in [4.78, 5) is 227. The number of carbonyl (C=O) groups excluding carboxylic acids is 12. The lowest BCUT2D eigenvalue weighted by atomic mass is 9.93. The maximum absolute atomic E-state index is 15.1. The van der Waals surface area contributed by atoms with Crippen LogP contribution < -0.4 is 0 Å². The van der Waals surface area contributed by atoms with Crippen LogP contribution in [0.2, 0.25) is 0 Å². The highest BCUT2D eigenvalue weighted by molar-refractivity contribution is 6.29. The Labute approximate surface area is 586 Å². The molecule has 0 unspecified atom stereocenters. The van der Waals surface area contributed by atoms with Crippen molar-refractivity contribution in [3.05, 3.63) is 206 Å². The predicted octanol–water partition coefficient (Wildman–Crippen LogP) is 7.64. The van der Waals surface area contributed by atoms with Gasteiger partial charge in [0.1, 0.15) is 0 Å². The molecule has 0 saturated carbocycles. The van der Waals surface area contributed by atoms with Crippen molar-refractivity contribution in [1.82, 2.24) is 49.9 Å². The SMILES string of the molecule is CCC(=O)N(CCN1C(=O)c2cccc3c([N+](=O)[O-])ccc(c23)C1=O)N(CCN(N(CCN1C(=O)c2cccc3c([N+](=O)[O-])ccc(c23)C1=O)C(=O)CC)N(CCN1C(=O)c2cccc3c([N+](=O)[O-])ccc(c23)C1=O)C(=O)CC)N(CCN1C(=O)c2cccc3c([N+](=O)[O-])ccc(c23)C1=O)C(=O)CC. The molecule has 0 aliphatic carbocycles. The van der Waals surface area contributed by atoms with Crippen LogP contribution in [-0.4, -0.2) is 206 Å². The Balaban J connectivity index is 0.960. The van der Waals surface area contributed by atoms with Crippen molar-refractivity contribution in [2.24, 2.45) is 0 Å². The van der Waals surface area contributed by atoms with Crippen molar-refractivity contribution < 1.29 is 77.2 Å². The minimum Gasteiger partial charge on any atom is -0.273 e. The second kappa shape index (κ2) is 28.1. The molecule has 0 atom stereocenters. The molecule has 0 N–H and O–H groups in total. The van der Waals surface area contributed by atoms with E-state index < -0.39 is 204 Å². The molecule has 0 fully saturated rings. The van der Waals surface area contributed by atoms with E-state index in [1.807, 2.05) is 0 Å². The van der Waals surface area contributed by atoms with Gasteiger partial charge in [0.25, 0.3) is 70.0 Å². The van der Waals surface area contributed by atoms with Crippen molar-refractivity contribution in [2.45, 2.75) is 53.4 Å². The average Bonchev–Trinajstić information content (AvgIpc) is 0.758. The molecule has 8 aromatic carbocycles. The molecule has 530 valence electrons.